The van der Waals surface area contributed by atoms with Gasteiger partial charge in [-0.25, -0.2) is 9.97 Å². The van der Waals surface area contributed by atoms with Crippen molar-refractivity contribution in [3.05, 3.63) is 42.7 Å². The molecule has 6 nitrogen and oxygen atoms in total. The van der Waals surface area contributed by atoms with Gasteiger partial charge in [0, 0.05) is 38.2 Å². The third kappa shape index (κ3) is 4.50. The predicted molar refractivity (Wildman–Crippen MR) is 101 cm³/mol. The lowest BCUT2D eigenvalue weighted by Gasteiger charge is -2.40. The van der Waals surface area contributed by atoms with Gasteiger partial charge in [0.05, 0.1) is 0 Å². The summed E-state index contributed by atoms with van der Waals surface area (Å²) >= 11 is 0. The summed E-state index contributed by atoms with van der Waals surface area (Å²) < 4.78 is 5.80. The molecule has 2 aromatic rings. The SMILES string of the molecule is CCCCC(=O)N1CCN(c2cc(Oc3ccccc3)ncn2)C[C@@H]1C. The number of aromatic nitrogens is 2. The molecule has 1 aromatic heterocycles. The van der Waals surface area contributed by atoms with Crippen molar-refractivity contribution in [3.63, 3.8) is 0 Å². The van der Waals surface area contributed by atoms with Gasteiger partial charge in [-0.3, -0.25) is 4.79 Å². The van der Waals surface area contributed by atoms with Crippen molar-refractivity contribution in [2.45, 2.75) is 39.2 Å². The van der Waals surface area contributed by atoms with Crippen LogP contribution in [0.25, 0.3) is 0 Å². The summed E-state index contributed by atoms with van der Waals surface area (Å²) in [6.45, 7) is 6.46. The maximum Gasteiger partial charge on any atom is 0.224 e. The molecule has 0 radical (unpaired) electrons. The quantitative estimate of drug-likeness (QED) is 0.795. The Bertz CT molecular complexity index is 723. The van der Waals surface area contributed by atoms with Crippen LogP contribution >= 0.6 is 0 Å². The van der Waals surface area contributed by atoms with E-state index in [2.05, 4.69) is 28.7 Å². The highest BCUT2D eigenvalue weighted by atomic mass is 16.5. The first kappa shape index (κ1) is 18.2. The minimum atomic E-state index is 0.168. The number of amides is 1. The zero-order valence-corrected chi connectivity index (χ0v) is 15.5. The molecule has 1 aromatic carbocycles. The van der Waals surface area contributed by atoms with Gasteiger partial charge in [-0.1, -0.05) is 31.5 Å². The molecule has 0 aliphatic carbocycles. The molecule has 0 spiro atoms. The van der Waals surface area contributed by atoms with Crippen molar-refractivity contribution in [2.24, 2.45) is 0 Å². The number of nitrogens with zero attached hydrogens (tertiary/aromatic N) is 4. The number of carbonyl (C=O) groups is 1. The minimum absolute atomic E-state index is 0.168. The van der Waals surface area contributed by atoms with Crippen LogP contribution in [0.1, 0.15) is 33.1 Å². The van der Waals surface area contributed by atoms with E-state index < -0.39 is 0 Å². The Morgan fingerprint density at radius 2 is 2.04 bits per heavy atom. The lowest BCUT2D eigenvalue weighted by molar-refractivity contribution is -0.133. The number of benzene rings is 1. The van der Waals surface area contributed by atoms with Crippen LogP contribution in [0.4, 0.5) is 5.82 Å². The Kier molecular flexibility index (Phi) is 6.04. The Hall–Kier alpha value is -2.63. The van der Waals surface area contributed by atoms with E-state index in [1.807, 2.05) is 41.3 Å². The van der Waals surface area contributed by atoms with Crippen molar-refractivity contribution in [3.8, 4) is 11.6 Å². The second-order valence-corrected chi connectivity index (χ2v) is 6.62. The summed E-state index contributed by atoms with van der Waals surface area (Å²) in [5, 5.41) is 0. The topological polar surface area (TPSA) is 58.6 Å². The van der Waals surface area contributed by atoms with Crippen molar-refractivity contribution >= 4 is 11.7 Å². The fourth-order valence-electron chi connectivity index (χ4n) is 3.18. The van der Waals surface area contributed by atoms with Gasteiger partial charge in [0.2, 0.25) is 11.8 Å². The molecule has 1 aliphatic rings. The van der Waals surface area contributed by atoms with Gasteiger partial charge in [0.25, 0.3) is 0 Å². The number of unbranched alkanes of at least 4 members (excludes halogenated alkanes) is 1. The molecule has 0 bridgehead atoms. The number of carbonyl (C=O) groups excluding carboxylic acids is 1. The number of anilines is 1. The number of ether oxygens (including phenoxy) is 1. The average Bonchev–Trinajstić information content (AvgIpc) is 2.67. The fraction of sp³-hybridized carbons (Fsp3) is 0.450. The highest BCUT2D eigenvalue weighted by Gasteiger charge is 2.27. The number of hydrogen-bond acceptors (Lipinski definition) is 5. The van der Waals surface area contributed by atoms with Crippen molar-refractivity contribution in [2.75, 3.05) is 24.5 Å². The smallest absolute Gasteiger partial charge is 0.224 e. The van der Waals surface area contributed by atoms with Crippen LogP contribution in [0.3, 0.4) is 0 Å². The molecule has 0 N–H and O–H groups in total. The van der Waals surface area contributed by atoms with E-state index in [0.29, 0.717) is 12.3 Å². The van der Waals surface area contributed by atoms with Gasteiger partial charge in [0.15, 0.2) is 0 Å². The summed E-state index contributed by atoms with van der Waals surface area (Å²) in [6.07, 6.45) is 4.17. The van der Waals surface area contributed by atoms with Crippen LogP contribution < -0.4 is 9.64 Å². The summed E-state index contributed by atoms with van der Waals surface area (Å²) in [5.41, 5.74) is 0. The normalized spacial score (nSPS) is 17.2. The van der Waals surface area contributed by atoms with Gasteiger partial charge in [0.1, 0.15) is 17.9 Å². The van der Waals surface area contributed by atoms with Gasteiger partial charge >= 0.3 is 0 Å². The Morgan fingerprint density at radius 3 is 2.77 bits per heavy atom. The highest BCUT2D eigenvalue weighted by Crippen LogP contribution is 2.24. The van der Waals surface area contributed by atoms with E-state index in [1.165, 1.54) is 6.33 Å². The van der Waals surface area contributed by atoms with Crippen LogP contribution in [-0.2, 0) is 4.79 Å². The summed E-state index contributed by atoms with van der Waals surface area (Å²) in [5.74, 6) is 2.36. The molecule has 0 saturated carbocycles. The predicted octanol–water partition coefficient (Wildman–Crippen LogP) is 3.50. The average molecular weight is 354 g/mol. The first-order valence-corrected chi connectivity index (χ1v) is 9.26. The third-order valence-corrected chi connectivity index (χ3v) is 4.61. The molecule has 3 rings (SSSR count). The molecule has 1 atom stereocenters. The fourth-order valence-corrected chi connectivity index (χ4v) is 3.18. The molecule has 1 aliphatic heterocycles. The molecule has 138 valence electrons. The summed E-state index contributed by atoms with van der Waals surface area (Å²) in [7, 11) is 0. The number of piperazine rings is 1. The maximum absolute atomic E-state index is 12.3. The highest BCUT2D eigenvalue weighted by molar-refractivity contribution is 5.76. The zero-order chi connectivity index (χ0) is 18.4. The van der Waals surface area contributed by atoms with Crippen LogP contribution in [0.15, 0.2) is 42.7 Å². The van der Waals surface area contributed by atoms with E-state index in [4.69, 9.17) is 4.74 Å². The van der Waals surface area contributed by atoms with Crippen molar-refractivity contribution < 1.29 is 9.53 Å². The van der Waals surface area contributed by atoms with Crippen LogP contribution in [-0.4, -0.2) is 46.5 Å². The Labute approximate surface area is 154 Å². The molecular formula is C20H26N4O2. The second-order valence-electron chi connectivity index (χ2n) is 6.62. The first-order chi connectivity index (χ1) is 12.7. The van der Waals surface area contributed by atoms with Crippen molar-refractivity contribution in [1.29, 1.82) is 0 Å². The second kappa shape index (κ2) is 8.65. The molecule has 26 heavy (non-hydrogen) atoms. The summed E-state index contributed by atoms with van der Waals surface area (Å²) in [6, 6.07) is 11.6. The minimum Gasteiger partial charge on any atom is -0.439 e. The van der Waals surface area contributed by atoms with Gasteiger partial charge in [-0.15, -0.1) is 0 Å². The molecule has 1 amide bonds. The maximum atomic E-state index is 12.3. The number of rotatable bonds is 6. The third-order valence-electron chi connectivity index (χ3n) is 4.61. The lowest BCUT2D eigenvalue weighted by atomic mass is 10.1. The van der Waals surface area contributed by atoms with E-state index in [9.17, 15) is 4.79 Å². The molecular weight excluding hydrogens is 328 g/mol. The van der Waals surface area contributed by atoms with Gasteiger partial charge in [-0.2, -0.15) is 0 Å². The Balaban J connectivity index is 1.63. The molecule has 6 heteroatoms. The van der Waals surface area contributed by atoms with Gasteiger partial charge < -0.3 is 14.5 Å². The monoisotopic (exact) mass is 354 g/mol. The number of para-hydroxylation sites is 1. The van der Waals surface area contributed by atoms with E-state index >= 15 is 0 Å². The van der Waals surface area contributed by atoms with Crippen LogP contribution in [0.5, 0.6) is 11.6 Å². The summed E-state index contributed by atoms with van der Waals surface area (Å²) in [4.78, 5) is 25.1. The lowest BCUT2D eigenvalue weighted by Crippen LogP contribution is -2.54. The molecule has 0 unspecified atom stereocenters. The Morgan fingerprint density at radius 1 is 1.23 bits per heavy atom. The van der Waals surface area contributed by atoms with Crippen molar-refractivity contribution in [1.82, 2.24) is 14.9 Å². The van der Waals surface area contributed by atoms with E-state index in [1.54, 1.807) is 0 Å². The van der Waals surface area contributed by atoms with E-state index in [0.717, 1.165) is 44.0 Å². The van der Waals surface area contributed by atoms with Crippen LogP contribution in [0, 0.1) is 0 Å². The number of hydrogen-bond donors (Lipinski definition) is 0. The largest absolute Gasteiger partial charge is 0.439 e. The molecule has 2 heterocycles. The molecule has 1 fully saturated rings. The standard InChI is InChI=1S/C20H26N4O2/c1-3-4-10-20(25)24-12-11-23(14-16(24)2)18-13-19(22-15-21-18)26-17-8-6-5-7-9-17/h5-9,13,15-16H,3-4,10-12,14H2,1-2H3/t16-/m0/s1. The zero-order valence-electron chi connectivity index (χ0n) is 15.5. The first-order valence-electron chi connectivity index (χ1n) is 9.26. The van der Waals surface area contributed by atoms with Crippen LogP contribution in [0.2, 0.25) is 0 Å². The van der Waals surface area contributed by atoms with E-state index in [-0.39, 0.29) is 11.9 Å². The molecule has 1 saturated heterocycles. The van der Waals surface area contributed by atoms with Gasteiger partial charge in [-0.05, 0) is 25.5 Å².